The summed E-state index contributed by atoms with van der Waals surface area (Å²) in [6.45, 7) is 1.84. The van der Waals surface area contributed by atoms with Crippen LogP contribution in [0.1, 0.15) is 17.7 Å². The molecule has 0 fully saturated rings. The molecule has 11 heteroatoms. The standard InChI is InChI=1S/C17H16ClFN6O3/c1-11-15(25(27)28)10-24(21-11)8-6-17(26)20-16-5-7-23(22-16)9-12-13(18)3-2-4-14(12)19/h2-5,7,10H,6,8-9H2,1H3,(H,20,22,26). The number of nitrogens with zero attached hydrogens (tertiary/aromatic N) is 5. The first kappa shape index (κ1) is 19.5. The van der Waals surface area contributed by atoms with Crippen molar-refractivity contribution in [1.29, 1.82) is 0 Å². The number of aryl methyl sites for hydroxylation is 2. The summed E-state index contributed by atoms with van der Waals surface area (Å²) in [6, 6.07) is 6.00. The molecule has 0 saturated carbocycles. The van der Waals surface area contributed by atoms with Gasteiger partial charge in [0.25, 0.3) is 0 Å². The molecule has 0 aliphatic carbocycles. The summed E-state index contributed by atoms with van der Waals surface area (Å²) in [5.74, 6) is -0.456. The van der Waals surface area contributed by atoms with E-state index in [0.29, 0.717) is 16.4 Å². The van der Waals surface area contributed by atoms with Crippen molar-refractivity contribution >= 4 is 29.0 Å². The second-order valence-corrected chi connectivity index (χ2v) is 6.42. The second kappa shape index (κ2) is 8.17. The minimum atomic E-state index is -0.520. The summed E-state index contributed by atoms with van der Waals surface area (Å²) in [6.07, 6.45) is 2.94. The minimum absolute atomic E-state index is 0.0598. The lowest BCUT2D eigenvalue weighted by molar-refractivity contribution is -0.385. The smallest absolute Gasteiger partial charge is 0.309 e. The Hall–Kier alpha value is -3.27. The number of hydrogen-bond acceptors (Lipinski definition) is 5. The van der Waals surface area contributed by atoms with Gasteiger partial charge in [-0.2, -0.15) is 10.2 Å². The Labute approximate surface area is 163 Å². The van der Waals surface area contributed by atoms with Crippen LogP contribution in [0.2, 0.25) is 5.02 Å². The van der Waals surface area contributed by atoms with Crippen LogP contribution in [-0.4, -0.2) is 30.4 Å². The van der Waals surface area contributed by atoms with Gasteiger partial charge < -0.3 is 5.32 Å². The van der Waals surface area contributed by atoms with Crippen LogP contribution in [0.5, 0.6) is 0 Å². The van der Waals surface area contributed by atoms with Gasteiger partial charge in [0.1, 0.15) is 17.7 Å². The zero-order chi connectivity index (χ0) is 20.3. The molecule has 28 heavy (non-hydrogen) atoms. The first-order chi connectivity index (χ1) is 13.3. The number of halogens is 2. The Morgan fingerprint density at radius 2 is 2.11 bits per heavy atom. The summed E-state index contributed by atoms with van der Waals surface area (Å²) in [5.41, 5.74) is 0.503. The van der Waals surface area contributed by atoms with Gasteiger partial charge in [0.2, 0.25) is 5.91 Å². The molecule has 0 unspecified atom stereocenters. The molecule has 0 aliphatic rings. The van der Waals surface area contributed by atoms with E-state index in [1.54, 1.807) is 18.3 Å². The lowest BCUT2D eigenvalue weighted by Crippen LogP contribution is -2.15. The molecule has 2 heterocycles. The number of anilines is 1. The van der Waals surface area contributed by atoms with Gasteiger partial charge in [-0.3, -0.25) is 24.3 Å². The maximum absolute atomic E-state index is 13.8. The van der Waals surface area contributed by atoms with E-state index in [9.17, 15) is 19.3 Å². The van der Waals surface area contributed by atoms with E-state index in [1.807, 2.05) is 0 Å². The molecule has 0 aliphatic heterocycles. The van der Waals surface area contributed by atoms with E-state index >= 15 is 0 Å². The number of rotatable bonds is 7. The Kier molecular flexibility index (Phi) is 5.69. The molecule has 1 amide bonds. The summed E-state index contributed by atoms with van der Waals surface area (Å²) in [5, 5.41) is 21.9. The van der Waals surface area contributed by atoms with Crippen molar-refractivity contribution < 1.29 is 14.1 Å². The Balaban J connectivity index is 1.57. The average molecular weight is 407 g/mol. The van der Waals surface area contributed by atoms with E-state index in [0.717, 1.165) is 0 Å². The van der Waals surface area contributed by atoms with Crippen LogP contribution in [0.3, 0.4) is 0 Å². The third kappa shape index (κ3) is 4.52. The quantitative estimate of drug-likeness (QED) is 0.479. The summed E-state index contributed by atoms with van der Waals surface area (Å²) < 4.78 is 16.7. The molecule has 1 N–H and O–H groups in total. The van der Waals surface area contributed by atoms with Crippen molar-refractivity contribution in [3.63, 3.8) is 0 Å². The SMILES string of the molecule is Cc1nn(CCC(=O)Nc2ccn(Cc3c(F)cccc3Cl)n2)cc1[N+](=O)[O-]. The van der Waals surface area contributed by atoms with E-state index in [4.69, 9.17) is 11.6 Å². The zero-order valence-electron chi connectivity index (χ0n) is 14.8. The fourth-order valence-electron chi connectivity index (χ4n) is 2.58. The summed E-state index contributed by atoms with van der Waals surface area (Å²) in [4.78, 5) is 22.4. The van der Waals surface area contributed by atoms with Gasteiger partial charge in [0, 0.05) is 35.8 Å². The van der Waals surface area contributed by atoms with Gasteiger partial charge in [-0.1, -0.05) is 17.7 Å². The maximum Gasteiger partial charge on any atom is 0.309 e. The highest BCUT2D eigenvalue weighted by atomic mass is 35.5. The fourth-order valence-corrected chi connectivity index (χ4v) is 2.81. The molecule has 1 aromatic carbocycles. The lowest BCUT2D eigenvalue weighted by atomic mass is 10.2. The third-order valence-corrected chi connectivity index (χ3v) is 4.33. The summed E-state index contributed by atoms with van der Waals surface area (Å²) >= 11 is 6.00. The van der Waals surface area contributed by atoms with Crippen molar-refractivity contribution in [2.24, 2.45) is 0 Å². The lowest BCUT2D eigenvalue weighted by Gasteiger charge is -2.06. The van der Waals surface area contributed by atoms with E-state index in [2.05, 4.69) is 15.5 Å². The highest BCUT2D eigenvalue weighted by Gasteiger charge is 2.16. The molecular formula is C17H16ClFN6O3. The molecular weight excluding hydrogens is 391 g/mol. The highest BCUT2D eigenvalue weighted by molar-refractivity contribution is 6.31. The number of nitrogens with one attached hydrogen (secondary N) is 1. The number of aromatic nitrogens is 4. The number of nitro groups is 1. The van der Waals surface area contributed by atoms with Crippen LogP contribution >= 0.6 is 11.6 Å². The molecule has 0 saturated heterocycles. The first-order valence-electron chi connectivity index (χ1n) is 8.28. The van der Waals surface area contributed by atoms with E-state index in [-0.39, 0.29) is 36.8 Å². The average Bonchev–Trinajstić information content (AvgIpc) is 3.23. The van der Waals surface area contributed by atoms with Crippen LogP contribution in [-0.2, 0) is 17.9 Å². The Morgan fingerprint density at radius 1 is 1.32 bits per heavy atom. The topological polar surface area (TPSA) is 108 Å². The highest BCUT2D eigenvalue weighted by Crippen LogP contribution is 2.20. The van der Waals surface area contributed by atoms with Crippen molar-refractivity contribution in [1.82, 2.24) is 19.6 Å². The Bertz CT molecular complexity index is 1010. The van der Waals surface area contributed by atoms with E-state index < -0.39 is 10.7 Å². The molecule has 9 nitrogen and oxygen atoms in total. The molecule has 3 aromatic rings. The molecule has 3 rings (SSSR count). The largest absolute Gasteiger partial charge is 0.309 e. The normalized spacial score (nSPS) is 10.8. The van der Waals surface area contributed by atoms with Crippen molar-refractivity contribution in [2.75, 3.05) is 5.32 Å². The predicted molar refractivity (Wildman–Crippen MR) is 99.6 cm³/mol. The van der Waals surface area contributed by atoms with Gasteiger partial charge >= 0.3 is 5.69 Å². The van der Waals surface area contributed by atoms with Gasteiger partial charge in [0.15, 0.2) is 5.82 Å². The molecule has 0 spiro atoms. The van der Waals surface area contributed by atoms with Crippen molar-refractivity contribution in [3.05, 3.63) is 68.9 Å². The van der Waals surface area contributed by atoms with Gasteiger partial charge in [-0.25, -0.2) is 4.39 Å². The number of carbonyl (C=O) groups is 1. The Morgan fingerprint density at radius 3 is 2.79 bits per heavy atom. The number of benzene rings is 1. The molecule has 2 aromatic heterocycles. The fraction of sp³-hybridized carbons (Fsp3) is 0.235. The molecule has 146 valence electrons. The van der Waals surface area contributed by atoms with Gasteiger partial charge in [-0.05, 0) is 19.1 Å². The van der Waals surface area contributed by atoms with E-state index in [1.165, 1.54) is 34.6 Å². The zero-order valence-corrected chi connectivity index (χ0v) is 15.6. The number of hydrogen-bond donors (Lipinski definition) is 1. The summed E-state index contributed by atoms with van der Waals surface area (Å²) in [7, 11) is 0. The van der Waals surface area contributed by atoms with Gasteiger partial charge in [-0.15, -0.1) is 0 Å². The van der Waals surface area contributed by atoms with Crippen LogP contribution in [0.15, 0.2) is 36.7 Å². The molecule has 0 radical (unpaired) electrons. The van der Waals surface area contributed by atoms with Crippen molar-refractivity contribution in [3.8, 4) is 0 Å². The van der Waals surface area contributed by atoms with Crippen LogP contribution < -0.4 is 5.32 Å². The van der Waals surface area contributed by atoms with Crippen molar-refractivity contribution in [2.45, 2.75) is 26.4 Å². The minimum Gasteiger partial charge on any atom is -0.309 e. The monoisotopic (exact) mass is 406 g/mol. The maximum atomic E-state index is 13.8. The number of carbonyl (C=O) groups excluding carboxylic acids is 1. The van der Waals surface area contributed by atoms with Crippen LogP contribution in [0.4, 0.5) is 15.9 Å². The second-order valence-electron chi connectivity index (χ2n) is 6.02. The number of amides is 1. The van der Waals surface area contributed by atoms with Crippen LogP contribution in [0, 0.1) is 22.9 Å². The molecule has 0 bridgehead atoms. The van der Waals surface area contributed by atoms with Gasteiger partial charge in [0.05, 0.1) is 11.5 Å². The molecule has 0 atom stereocenters. The third-order valence-electron chi connectivity index (χ3n) is 3.98. The predicted octanol–water partition coefficient (Wildman–Crippen LogP) is 3.17. The van der Waals surface area contributed by atoms with Crippen LogP contribution in [0.25, 0.3) is 0 Å². The first-order valence-corrected chi connectivity index (χ1v) is 8.66.